The third-order valence-electron chi connectivity index (χ3n) is 5.04. The Balaban J connectivity index is 1.50. The van der Waals surface area contributed by atoms with Crippen LogP contribution in [0.25, 0.3) is 0 Å². The van der Waals surface area contributed by atoms with E-state index in [0.717, 1.165) is 42.6 Å². The highest BCUT2D eigenvalue weighted by atomic mass is 16.5. The lowest BCUT2D eigenvalue weighted by Crippen LogP contribution is -2.36. The number of pyridine rings is 1. The largest absolute Gasteiger partial charge is 0.477 e. The lowest BCUT2D eigenvalue weighted by Gasteiger charge is -2.17. The van der Waals surface area contributed by atoms with Crippen molar-refractivity contribution in [2.24, 2.45) is 4.99 Å². The Hall–Kier alpha value is -3.09. The van der Waals surface area contributed by atoms with E-state index < -0.39 is 0 Å². The van der Waals surface area contributed by atoms with Gasteiger partial charge in [0.1, 0.15) is 0 Å². The quantitative estimate of drug-likeness (QED) is 0.378. The molecule has 160 valence electrons. The number of benzene rings is 1. The topological polar surface area (TPSA) is 78.8 Å². The van der Waals surface area contributed by atoms with Crippen LogP contribution in [0.5, 0.6) is 5.88 Å². The van der Waals surface area contributed by atoms with Crippen molar-refractivity contribution in [1.82, 2.24) is 15.6 Å². The number of hydrogen-bond donors (Lipinski definition) is 2. The molecule has 1 aliphatic heterocycles. The standard InChI is InChI=1S/C23H31N5O2/c1-3-4-15-30-22-19(7-5-13-25-22)17-27-23(24-2)26-16-18-9-11-20(12-10-18)28-14-6-8-21(28)29/h5,7,9-13H,3-4,6,8,14-17H2,1-2H3,(H2,24,26,27). The number of rotatable bonds is 9. The number of aliphatic imine (C=N–C) groups is 1. The molecular formula is C23H31N5O2. The van der Waals surface area contributed by atoms with Crippen LogP contribution in [0, 0.1) is 0 Å². The van der Waals surface area contributed by atoms with Crippen LogP contribution in [0.1, 0.15) is 43.7 Å². The molecule has 1 aromatic heterocycles. The second-order valence-corrected chi connectivity index (χ2v) is 7.26. The zero-order valence-electron chi connectivity index (χ0n) is 17.9. The molecule has 0 aliphatic carbocycles. The van der Waals surface area contributed by atoms with E-state index in [-0.39, 0.29) is 5.91 Å². The number of guanidine groups is 1. The van der Waals surface area contributed by atoms with Gasteiger partial charge in [0.25, 0.3) is 0 Å². The van der Waals surface area contributed by atoms with Gasteiger partial charge in [0.15, 0.2) is 5.96 Å². The second-order valence-electron chi connectivity index (χ2n) is 7.26. The lowest BCUT2D eigenvalue weighted by molar-refractivity contribution is -0.117. The van der Waals surface area contributed by atoms with Crippen LogP contribution < -0.4 is 20.3 Å². The molecule has 2 aromatic rings. The van der Waals surface area contributed by atoms with Crippen molar-refractivity contribution in [2.45, 2.75) is 45.7 Å². The zero-order chi connectivity index (χ0) is 21.2. The number of unbranched alkanes of at least 4 members (excludes halogenated alkanes) is 1. The van der Waals surface area contributed by atoms with E-state index in [2.05, 4.69) is 27.5 Å². The third-order valence-corrected chi connectivity index (χ3v) is 5.04. The number of hydrogen-bond acceptors (Lipinski definition) is 4. The summed E-state index contributed by atoms with van der Waals surface area (Å²) in [4.78, 5) is 22.4. The molecule has 1 aliphatic rings. The Morgan fingerprint density at radius 3 is 2.70 bits per heavy atom. The fourth-order valence-electron chi connectivity index (χ4n) is 3.30. The Morgan fingerprint density at radius 1 is 1.20 bits per heavy atom. The Kier molecular flexibility index (Phi) is 8.06. The molecule has 1 aromatic carbocycles. The highest BCUT2D eigenvalue weighted by Gasteiger charge is 2.21. The third kappa shape index (κ3) is 5.95. The number of anilines is 1. The van der Waals surface area contributed by atoms with Crippen molar-refractivity contribution < 1.29 is 9.53 Å². The van der Waals surface area contributed by atoms with Crippen LogP contribution in [-0.4, -0.2) is 37.1 Å². The smallest absolute Gasteiger partial charge is 0.227 e. The minimum absolute atomic E-state index is 0.207. The molecule has 1 fully saturated rings. The van der Waals surface area contributed by atoms with E-state index in [4.69, 9.17) is 4.74 Å². The average Bonchev–Trinajstić information content (AvgIpc) is 3.21. The van der Waals surface area contributed by atoms with Gasteiger partial charge >= 0.3 is 0 Å². The molecule has 0 bridgehead atoms. The zero-order valence-corrected chi connectivity index (χ0v) is 17.9. The maximum Gasteiger partial charge on any atom is 0.227 e. The van der Waals surface area contributed by atoms with E-state index in [9.17, 15) is 4.79 Å². The molecule has 0 spiro atoms. The van der Waals surface area contributed by atoms with Crippen molar-refractivity contribution in [3.05, 3.63) is 53.7 Å². The second kappa shape index (κ2) is 11.2. The van der Waals surface area contributed by atoms with E-state index in [1.54, 1.807) is 13.2 Å². The Bertz CT molecular complexity index is 851. The number of aromatic nitrogens is 1. The van der Waals surface area contributed by atoms with Crippen LogP contribution in [-0.2, 0) is 17.9 Å². The van der Waals surface area contributed by atoms with Gasteiger partial charge in [-0.2, -0.15) is 0 Å². The fraction of sp³-hybridized carbons (Fsp3) is 0.435. The molecule has 1 amide bonds. The van der Waals surface area contributed by atoms with Gasteiger partial charge in [-0.25, -0.2) is 4.98 Å². The first-order chi connectivity index (χ1) is 14.7. The van der Waals surface area contributed by atoms with E-state index in [0.29, 0.717) is 38.0 Å². The van der Waals surface area contributed by atoms with Crippen molar-refractivity contribution in [3.8, 4) is 5.88 Å². The van der Waals surface area contributed by atoms with Gasteiger partial charge in [-0.05, 0) is 36.6 Å². The molecule has 0 atom stereocenters. The summed E-state index contributed by atoms with van der Waals surface area (Å²) in [6, 6.07) is 12.0. The molecular weight excluding hydrogens is 378 g/mol. The summed E-state index contributed by atoms with van der Waals surface area (Å²) in [5, 5.41) is 6.64. The number of ether oxygens (including phenoxy) is 1. The molecule has 3 rings (SSSR count). The van der Waals surface area contributed by atoms with Crippen molar-refractivity contribution in [2.75, 3.05) is 25.1 Å². The number of amides is 1. The highest BCUT2D eigenvalue weighted by molar-refractivity contribution is 5.95. The predicted molar refractivity (Wildman–Crippen MR) is 120 cm³/mol. The maximum atomic E-state index is 11.9. The van der Waals surface area contributed by atoms with Gasteiger partial charge in [0.05, 0.1) is 6.61 Å². The van der Waals surface area contributed by atoms with E-state index in [1.165, 1.54) is 0 Å². The molecule has 2 N–H and O–H groups in total. The Morgan fingerprint density at radius 2 is 2.00 bits per heavy atom. The van der Waals surface area contributed by atoms with E-state index in [1.807, 2.05) is 41.3 Å². The van der Waals surface area contributed by atoms with Gasteiger partial charge in [-0.1, -0.05) is 31.5 Å². The molecule has 0 radical (unpaired) electrons. The van der Waals surface area contributed by atoms with Crippen LogP contribution in [0.3, 0.4) is 0 Å². The average molecular weight is 410 g/mol. The summed E-state index contributed by atoms with van der Waals surface area (Å²) in [7, 11) is 1.75. The molecule has 30 heavy (non-hydrogen) atoms. The van der Waals surface area contributed by atoms with Crippen molar-refractivity contribution in [3.63, 3.8) is 0 Å². The molecule has 0 unspecified atom stereocenters. The minimum Gasteiger partial charge on any atom is -0.477 e. The van der Waals surface area contributed by atoms with Gasteiger partial charge in [-0.15, -0.1) is 0 Å². The first kappa shape index (κ1) is 21.6. The van der Waals surface area contributed by atoms with Gasteiger partial charge < -0.3 is 20.3 Å². The number of carbonyl (C=O) groups is 1. The molecule has 0 saturated carbocycles. The molecule has 7 heteroatoms. The van der Waals surface area contributed by atoms with Crippen LogP contribution in [0.2, 0.25) is 0 Å². The molecule has 7 nitrogen and oxygen atoms in total. The lowest BCUT2D eigenvalue weighted by atomic mass is 10.2. The predicted octanol–water partition coefficient (Wildman–Crippen LogP) is 3.25. The van der Waals surface area contributed by atoms with Crippen LogP contribution >= 0.6 is 0 Å². The highest BCUT2D eigenvalue weighted by Crippen LogP contribution is 2.21. The van der Waals surface area contributed by atoms with Crippen molar-refractivity contribution in [1.29, 1.82) is 0 Å². The number of nitrogens with one attached hydrogen (secondary N) is 2. The summed E-state index contributed by atoms with van der Waals surface area (Å²) >= 11 is 0. The number of carbonyl (C=O) groups excluding carboxylic acids is 1. The normalized spacial score (nSPS) is 14.1. The van der Waals surface area contributed by atoms with Gasteiger partial charge in [0.2, 0.25) is 11.8 Å². The summed E-state index contributed by atoms with van der Waals surface area (Å²) in [6.07, 6.45) is 5.43. The molecule has 1 saturated heterocycles. The van der Waals surface area contributed by atoms with Gasteiger partial charge in [-0.3, -0.25) is 9.79 Å². The molecule has 2 heterocycles. The van der Waals surface area contributed by atoms with Gasteiger partial charge in [0, 0.05) is 50.6 Å². The maximum absolute atomic E-state index is 11.9. The summed E-state index contributed by atoms with van der Waals surface area (Å²) < 4.78 is 5.79. The van der Waals surface area contributed by atoms with Crippen LogP contribution in [0.15, 0.2) is 47.6 Å². The summed E-state index contributed by atoms with van der Waals surface area (Å²) in [5.41, 5.74) is 3.09. The summed E-state index contributed by atoms with van der Waals surface area (Å²) in [5.74, 6) is 1.58. The van der Waals surface area contributed by atoms with Crippen LogP contribution in [0.4, 0.5) is 5.69 Å². The monoisotopic (exact) mass is 409 g/mol. The Labute approximate surface area is 178 Å². The SMILES string of the molecule is CCCCOc1ncccc1CNC(=NC)NCc1ccc(N2CCCC2=O)cc1. The summed E-state index contributed by atoms with van der Waals surface area (Å²) in [6.45, 7) is 4.84. The minimum atomic E-state index is 0.207. The number of nitrogens with zero attached hydrogens (tertiary/aromatic N) is 3. The fourth-order valence-corrected chi connectivity index (χ4v) is 3.30. The first-order valence-corrected chi connectivity index (χ1v) is 10.6. The van der Waals surface area contributed by atoms with Crippen molar-refractivity contribution >= 4 is 17.6 Å². The first-order valence-electron chi connectivity index (χ1n) is 10.6. The van der Waals surface area contributed by atoms with E-state index >= 15 is 0 Å².